The number of benzene rings is 1. The fraction of sp³-hybridized carbons (Fsp3) is 0.349. The van der Waals surface area contributed by atoms with E-state index in [2.05, 4.69) is 20.5 Å². The van der Waals surface area contributed by atoms with Crippen molar-refractivity contribution < 1.29 is 39.2 Å². The van der Waals surface area contributed by atoms with Crippen LogP contribution >= 0.6 is 0 Å². The molecule has 2 atom stereocenters. The summed E-state index contributed by atoms with van der Waals surface area (Å²) in [5.74, 6) is -1.07. The Bertz CT molecular complexity index is 2720. The molecular formula is C43H44N8O9. The second kappa shape index (κ2) is 15.5. The second-order valence-corrected chi connectivity index (χ2v) is 15.4. The van der Waals surface area contributed by atoms with E-state index in [9.17, 15) is 34.5 Å². The summed E-state index contributed by atoms with van der Waals surface area (Å²) in [5.41, 5.74) is 3.16. The fourth-order valence-electron chi connectivity index (χ4n) is 8.13. The van der Waals surface area contributed by atoms with Crippen LogP contribution in [-0.4, -0.2) is 93.7 Å². The molecule has 1 aliphatic carbocycles. The lowest BCUT2D eigenvalue weighted by Gasteiger charge is -2.31. The molecule has 0 spiro atoms. The van der Waals surface area contributed by atoms with Gasteiger partial charge in [0, 0.05) is 49.3 Å². The molecule has 17 nitrogen and oxygen atoms in total. The van der Waals surface area contributed by atoms with E-state index in [1.165, 1.54) is 22.7 Å². The molecule has 0 radical (unpaired) electrons. The van der Waals surface area contributed by atoms with E-state index < -0.39 is 29.7 Å². The number of hydrogen-bond acceptors (Lipinski definition) is 13. The van der Waals surface area contributed by atoms with Crippen molar-refractivity contribution in [3.05, 3.63) is 110 Å². The number of aryl methyl sites for hydroxylation is 1. The van der Waals surface area contributed by atoms with Crippen LogP contribution in [0, 0.1) is 5.92 Å². The van der Waals surface area contributed by atoms with Gasteiger partial charge in [-0.25, -0.2) is 14.6 Å². The van der Waals surface area contributed by atoms with Crippen LogP contribution in [0.15, 0.2) is 71.0 Å². The van der Waals surface area contributed by atoms with Gasteiger partial charge >= 0.3 is 12.1 Å². The molecule has 3 aliphatic rings. The summed E-state index contributed by atoms with van der Waals surface area (Å²) >= 11 is 0. The number of nitrogens with zero attached hydrogens (tertiary/aromatic N) is 7. The molecule has 60 heavy (non-hydrogen) atoms. The molecule has 0 saturated carbocycles. The van der Waals surface area contributed by atoms with Gasteiger partial charge in [0.2, 0.25) is 5.82 Å². The van der Waals surface area contributed by atoms with Crippen LogP contribution in [0.1, 0.15) is 79.2 Å². The van der Waals surface area contributed by atoms with Crippen molar-refractivity contribution in [1.29, 1.82) is 0 Å². The average molecular weight is 817 g/mol. The number of aliphatic hydroxyl groups excluding tert-OH is 2. The molecule has 2 unspecified atom stereocenters. The highest BCUT2D eigenvalue weighted by molar-refractivity contribution is 5.93. The predicted molar refractivity (Wildman–Crippen MR) is 217 cm³/mol. The van der Waals surface area contributed by atoms with Crippen LogP contribution in [0.3, 0.4) is 0 Å². The van der Waals surface area contributed by atoms with Crippen LogP contribution in [-0.2, 0) is 34.7 Å². The highest BCUT2D eigenvalue weighted by atomic mass is 16.6. The lowest BCUT2D eigenvalue weighted by atomic mass is 9.86. The summed E-state index contributed by atoms with van der Waals surface area (Å²) in [6.07, 6.45) is 3.89. The Morgan fingerprint density at radius 2 is 1.93 bits per heavy atom. The fourth-order valence-corrected chi connectivity index (χ4v) is 8.13. The zero-order chi connectivity index (χ0) is 42.6. The summed E-state index contributed by atoms with van der Waals surface area (Å²) in [4.78, 5) is 63.6. The zero-order valence-corrected chi connectivity index (χ0v) is 33.7. The molecule has 1 aromatic carbocycles. The maximum atomic E-state index is 13.7. The highest BCUT2D eigenvalue weighted by Crippen LogP contribution is 2.41. The Labute approximate surface area is 343 Å². The number of likely N-dealkylation sites (N-methyl/N-ethyl adjacent to an activating group) is 1. The van der Waals surface area contributed by atoms with Gasteiger partial charge in [0.05, 0.1) is 52.6 Å². The first-order valence-corrected chi connectivity index (χ1v) is 19.8. The largest absolute Gasteiger partial charge is 0.511 e. The first kappa shape index (κ1) is 40.1. The SMILES string of the molecule is CCc1c2c(nc3ccc(OC(=O)N(C)CCNC(=O)c4nnc(C5=C(O)CC(O)C(C(C)C)=C5)n4-c4cccnc4)cc13)-c1cc3c(c(=O)n1C2)COC(=O)C3(O)CC. The van der Waals surface area contributed by atoms with E-state index in [0.29, 0.717) is 40.2 Å². The number of ether oxygens (including phenoxy) is 2. The van der Waals surface area contributed by atoms with Crippen LogP contribution < -0.4 is 15.6 Å². The standard InChI is InChI=1S/C43H44N8O9/c1-6-25-27-15-24(10-11-32(27)46-36-29(25)20-50-33(36)17-31-30(40(50)55)21-59-41(56)43(31,58)7-2)60-42(57)49(5)14-13-45-39(54)38-48-47-37(51(38)23-9-8-12-44-19-23)28-16-26(22(3)4)34(52)18-35(28)53/h8-12,15-17,19,22,34,52-53,58H,6-7,13-14,18,20-21H2,1-5H3,(H,45,54). The Balaban J connectivity index is 0.981. The van der Waals surface area contributed by atoms with Gasteiger partial charge in [-0.15, -0.1) is 10.2 Å². The molecule has 4 aromatic heterocycles. The van der Waals surface area contributed by atoms with Crippen molar-refractivity contribution in [2.75, 3.05) is 20.1 Å². The maximum Gasteiger partial charge on any atom is 0.415 e. The summed E-state index contributed by atoms with van der Waals surface area (Å²) in [7, 11) is 1.54. The predicted octanol–water partition coefficient (Wildman–Crippen LogP) is 4.09. The van der Waals surface area contributed by atoms with Crippen LogP contribution in [0.25, 0.3) is 33.6 Å². The molecule has 5 aromatic rings. The molecule has 310 valence electrons. The average Bonchev–Trinajstić information content (AvgIpc) is 3.84. The topological polar surface area (TPSA) is 224 Å². The summed E-state index contributed by atoms with van der Waals surface area (Å²) < 4.78 is 14.0. The number of nitrogens with one attached hydrogen (secondary N) is 1. The summed E-state index contributed by atoms with van der Waals surface area (Å²) in [6, 6.07) is 10.2. The third kappa shape index (κ3) is 6.68. The van der Waals surface area contributed by atoms with E-state index in [0.717, 1.165) is 16.5 Å². The van der Waals surface area contributed by atoms with E-state index >= 15 is 0 Å². The zero-order valence-electron chi connectivity index (χ0n) is 33.7. The Kier molecular flexibility index (Phi) is 10.3. The third-order valence-corrected chi connectivity index (χ3v) is 11.5. The number of carbonyl (C=O) groups is 3. The number of aromatic nitrogens is 6. The lowest BCUT2D eigenvalue weighted by molar-refractivity contribution is -0.172. The first-order chi connectivity index (χ1) is 28.7. The third-order valence-electron chi connectivity index (χ3n) is 11.5. The summed E-state index contributed by atoms with van der Waals surface area (Å²) in [5, 5.41) is 44.6. The number of fused-ring (bicyclic) bond motifs is 5. The normalized spacial score (nSPS) is 18.2. The molecule has 0 fully saturated rings. The van der Waals surface area contributed by atoms with Gasteiger partial charge < -0.3 is 39.6 Å². The number of aliphatic hydroxyl groups is 3. The molecule has 2 aliphatic heterocycles. The van der Waals surface area contributed by atoms with Crippen LogP contribution in [0.2, 0.25) is 0 Å². The first-order valence-electron chi connectivity index (χ1n) is 19.8. The molecular weight excluding hydrogens is 773 g/mol. The number of esters is 1. The van der Waals surface area contributed by atoms with Crippen molar-refractivity contribution in [2.45, 2.75) is 71.8 Å². The number of pyridine rings is 3. The van der Waals surface area contributed by atoms with Gasteiger partial charge in [0.1, 0.15) is 18.1 Å². The molecule has 4 N–H and O–H groups in total. The smallest absolute Gasteiger partial charge is 0.415 e. The van der Waals surface area contributed by atoms with Gasteiger partial charge in [-0.3, -0.25) is 19.1 Å². The van der Waals surface area contributed by atoms with Crippen molar-refractivity contribution in [3.63, 3.8) is 0 Å². The monoisotopic (exact) mass is 816 g/mol. The van der Waals surface area contributed by atoms with Gasteiger partial charge in [-0.2, -0.15) is 0 Å². The highest BCUT2D eigenvalue weighted by Gasteiger charge is 2.45. The van der Waals surface area contributed by atoms with E-state index in [-0.39, 0.29) is 84.8 Å². The second-order valence-electron chi connectivity index (χ2n) is 15.4. The quantitative estimate of drug-likeness (QED) is 0.143. The molecule has 0 saturated heterocycles. The van der Waals surface area contributed by atoms with Gasteiger partial charge in [0.25, 0.3) is 11.5 Å². The molecule has 6 heterocycles. The van der Waals surface area contributed by atoms with Crippen molar-refractivity contribution in [1.82, 2.24) is 39.5 Å². The van der Waals surface area contributed by atoms with E-state index in [1.807, 2.05) is 20.8 Å². The molecule has 2 amide bonds. The Hall–Kier alpha value is -6.72. The number of allylic oxidation sites excluding steroid dienone is 2. The van der Waals surface area contributed by atoms with Gasteiger partial charge in [0.15, 0.2) is 11.4 Å². The van der Waals surface area contributed by atoms with E-state index in [1.54, 1.807) is 60.2 Å². The van der Waals surface area contributed by atoms with Gasteiger partial charge in [-0.05, 0) is 72.4 Å². The molecule has 17 heteroatoms. The minimum Gasteiger partial charge on any atom is -0.511 e. The molecule has 8 rings (SSSR count). The Morgan fingerprint density at radius 3 is 2.65 bits per heavy atom. The van der Waals surface area contributed by atoms with Crippen molar-refractivity contribution in [3.8, 4) is 22.8 Å². The van der Waals surface area contributed by atoms with Crippen LogP contribution in [0.5, 0.6) is 5.75 Å². The number of hydrogen-bond donors (Lipinski definition) is 4. The van der Waals surface area contributed by atoms with Crippen molar-refractivity contribution >= 4 is 34.4 Å². The number of carbonyl (C=O) groups excluding carboxylic acids is 3. The number of rotatable bonds is 10. The molecule has 0 bridgehead atoms. The summed E-state index contributed by atoms with van der Waals surface area (Å²) in [6.45, 7) is 7.64. The Morgan fingerprint density at radius 1 is 1.13 bits per heavy atom. The number of cyclic esters (lactones) is 1. The minimum atomic E-state index is -1.93. The van der Waals surface area contributed by atoms with Gasteiger partial charge in [-0.1, -0.05) is 27.7 Å². The lowest BCUT2D eigenvalue weighted by Crippen LogP contribution is -2.44. The minimum absolute atomic E-state index is 0.00712. The number of amides is 2. The maximum absolute atomic E-state index is 13.7. The van der Waals surface area contributed by atoms with Crippen molar-refractivity contribution in [2.24, 2.45) is 5.92 Å². The van der Waals surface area contributed by atoms with E-state index in [4.69, 9.17) is 14.5 Å². The van der Waals surface area contributed by atoms with Crippen LogP contribution in [0.4, 0.5) is 4.79 Å².